The molecule has 0 saturated heterocycles. The zero-order valence-electron chi connectivity index (χ0n) is 15.2. The average molecular weight is 314 g/mol. The van der Waals surface area contributed by atoms with E-state index < -0.39 is 0 Å². The van der Waals surface area contributed by atoms with E-state index in [0.717, 1.165) is 0 Å². The molecule has 0 aliphatic heterocycles. The molecule has 0 fully saturated rings. The second kappa shape index (κ2) is 5.77. The van der Waals surface area contributed by atoms with E-state index in [2.05, 4.69) is 76.3 Å². The minimum absolute atomic E-state index is 0.586. The molecule has 2 atom stereocenters. The van der Waals surface area contributed by atoms with Gasteiger partial charge in [0, 0.05) is 11.8 Å². The van der Waals surface area contributed by atoms with E-state index in [1.54, 1.807) is 11.1 Å². The molecule has 0 radical (unpaired) electrons. The normalized spacial score (nSPS) is 20.5. The van der Waals surface area contributed by atoms with E-state index in [1.165, 1.54) is 46.2 Å². The summed E-state index contributed by atoms with van der Waals surface area (Å²) in [6, 6.07) is 9.07. The number of allylic oxidation sites excluding steroid dienone is 2. The average Bonchev–Trinajstić information content (AvgIpc) is 3.18. The number of hydrogen-bond acceptors (Lipinski definition) is 0. The Morgan fingerprint density at radius 3 is 1.38 bits per heavy atom. The van der Waals surface area contributed by atoms with Gasteiger partial charge in [-0.05, 0) is 85.0 Å². The third-order valence-electron chi connectivity index (χ3n) is 5.97. The fourth-order valence-corrected chi connectivity index (χ4v) is 4.59. The number of hydrogen-bond donors (Lipinski definition) is 0. The van der Waals surface area contributed by atoms with Crippen LogP contribution in [-0.2, 0) is 0 Å². The zero-order chi connectivity index (χ0) is 16.8. The van der Waals surface area contributed by atoms with E-state index in [-0.39, 0.29) is 0 Å². The van der Waals surface area contributed by atoms with Crippen molar-refractivity contribution in [2.24, 2.45) is 0 Å². The lowest BCUT2D eigenvalue weighted by Crippen LogP contribution is -2.03. The Morgan fingerprint density at radius 1 is 0.583 bits per heavy atom. The molecule has 24 heavy (non-hydrogen) atoms. The van der Waals surface area contributed by atoms with Crippen LogP contribution < -0.4 is 0 Å². The van der Waals surface area contributed by atoms with Crippen LogP contribution in [0.1, 0.15) is 69.2 Å². The zero-order valence-corrected chi connectivity index (χ0v) is 15.2. The third-order valence-corrected chi connectivity index (χ3v) is 5.97. The molecule has 0 spiro atoms. The first-order chi connectivity index (χ1) is 11.6. The van der Waals surface area contributed by atoms with E-state index in [1.807, 2.05) is 0 Å². The van der Waals surface area contributed by atoms with Gasteiger partial charge in [0.25, 0.3) is 0 Å². The molecular weight excluding hydrogens is 288 g/mol. The third kappa shape index (κ3) is 2.36. The highest BCUT2D eigenvalue weighted by molar-refractivity contribution is 5.68. The van der Waals surface area contributed by atoms with Crippen molar-refractivity contribution in [2.75, 3.05) is 0 Å². The fraction of sp³-hybridized carbons (Fsp3) is 0.333. The maximum absolute atomic E-state index is 2.42. The minimum atomic E-state index is 0.586. The summed E-state index contributed by atoms with van der Waals surface area (Å²) in [7, 11) is 0. The van der Waals surface area contributed by atoms with Crippen LogP contribution >= 0.6 is 0 Å². The molecule has 0 unspecified atom stereocenters. The molecule has 0 N–H and O–H groups in total. The first-order valence-electron chi connectivity index (χ1n) is 9.13. The quantitative estimate of drug-likeness (QED) is 0.597. The molecule has 2 aliphatic rings. The highest BCUT2D eigenvalue weighted by Gasteiger charge is 2.25. The largest absolute Gasteiger partial charge is 0.0764 e. The highest BCUT2D eigenvalue weighted by atomic mass is 14.3. The lowest BCUT2D eigenvalue weighted by atomic mass is 9.85. The van der Waals surface area contributed by atoms with Crippen molar-refractivity contribution in [2.45, 2.75) is 52.4 Å². The molecular formula is C24H26. The number of benzene rings is 2. The Labute approximate surface area is 145 Å². The number of rotatable bonds is 3. The van der Waals surface area contributed by atoms with Crippen molar-refractivity contribution in [3.05, 3.63) is 80.9 Å². The van der Waals surface area contributed by atoms with Crippen LogP contribution in [0.5, 0.6) is 0 Å². The van der Waals surface area contributed by atoms with E-state index in [9.17, 15) is 0 Å². The molecule has 0 heterocycles. The highest BCUT2D eigenvalue weighted by Crippen LogP contribution is 2.42. The van der Waals surface area contributed by atoms with Crippen molar-refractivity contribution in [1.29, 1.82) is 0 Å². The van der Waals surface area contributed by atoms with Crippen LogP contribution in [0.3, 0.4) is 0 Å². The van der Waals surface area contributed by atoms with Gasteiger partial charge in [0.15, 0.2) is 0 Å². The SMILES string of the molecule is Cc1ccc(C)c2c1C=C[C@H]2CC[C@@H]1C=Cc2c(C)ccc(C)c21. The van der Waals surface area contributed by atoms with Crippen LogP contribution in [0, 0.1) is 27.7 Å². The van der Waals surface area contributed by atoms with Gasteiger partial charge in [0.2, 0.25) is 0 Å². The van der Waals surface area contributed by atoms with Crippen molar-refractivity contribution in [3.63, 3.8) is 0 Å². The fourth-order valence-electron chi connectivity index (χ4n) is 4.59. The summed E-state index contributed by atoms with van der Waals surface area (Å²) >= 11 is 0. The Hall–Kier alpha value is -2.08. The van der Waals surface area contributed by atoms with Gasteiger partial charge in [0.1, 0.15) is 0 Å². The monoisotopic (exact) mass is 314 g/mol. The van der Waals surface area contributed by atoms with Crippen LogP contribution in [0.25, 0.3) is 12.2 Å². The molecule has 2 aromatic rings. The van der Waals surface area contributed by atoms with Gasteiger partial charge in [0.05, 0.1) is 0 Å². The van der Waals surface area contributed by atoms with Crippen molar-refractivity contribution < 1.29 is 0 Å². The smallest absolute Gasteiger partial charge is 0.00302 e. The van der Waals surface area contributed by atoms with Gasteiger partial charge in [-0.1, -0.05) is 48.6 Å². The Morgan fingerprint density at radius 2 is 0.958 bits per heavy atom. The summed E-state index contributed by atoms with van der Waals surface area (Å²) in [5, 5.41) is 0. The minimum Gasteiger partial charge on any atom is -0.0764 e. The molecule has 2 aromatic carbocycles. The number of fused-ring (bicyclic) bond motifs is 2. The molecule has 0 nitrogen and oxygen atoms in total. The van der Waals surface area contributed by atoms with Gasteiger partial charge in [-0.3, -0.25) is 0 Å². The van der Waals surface area contributed by atoms with E-state index in [0.29, 0.717) is 11.8 Å². The van der Waals surface area contributed by atoms with Gasteiger partial charge in [-0.25, -0.2) is 0 Å². The first-order valence-corrected chi connectivity index (χ1v) is 9.13. The number of aryl methyl sites for hydroxylation is 4. The van der Waals surface area contributed by atoms with Crippen molar-refractivity contribution in [3.8, 4) is 0 Å². The molecule has 2 aliphatic carbocycles. The van der Waals surface area contributed by atoms with Crippen LogP contribution in [0.2, 0.25) is 0 Å². The molecule has 0 amide bonds. The van der Waals surface area contributed by atoms with Gasteiger partial charge < -0.3 is 0 Å². The van der Waals surface area contributed by atoms with Crippen LogP contribution in [-0.4, -0.2) is 0 Å². The summed E-state index contributed by atoms with van der Waals surface area (Å²) in [5.74, 6) is 1.17. The van der Waals surface area contributed by atoms with E-state index >= 15 is 0 Å². The molecule has 0 saturated carbocycles. The second-order valence-electron chi connectivity index (χ2n) is 7.56. The lowest BCUT2D eigenvalue weighted by Gasteiger charge is -2.19. The molecule has 0 aromatic heterocycles. The maximum atomic E-state index is 2.42. The predicted molar refractivity (Wildman–Crippen MR) is 105 cm³/mol. The van der Waals surface area contributed by atoms with Gasteiger partial charge in [-0.15, -0.1) is 0 Å². The van der Waals surface area contributed by atoms with Crippen molar-refractivity contribution >= 4 is 12.2 Å². The standard InChI is InChI=1S/C24H26/c1-15-5-7-17(3)23-19(11-13-21(15)23)9-10-20-12-14-22-16(2)6-8-18(4)24(20)22/h5-8,11-14,19-20H,9-10H2,1-4H3/t19-,20-/m1/s1. The van der Waals surface area contributed by atoms with Crippen molar-refractivity contribution in [1.82, 2.24) is 0 Å². The molecule has 122 valence electrons. The summed E-state index contributed by atoms with van der Waals surface area (Å²) in [5.41, 5.74) is 11.8. The first kappa shape index (κ1) is 15.4. The Kier molecular flexibility index (Phi) is 3.72. The summed E-state index contributed by atoms with van der Waals surface area (Å²) in [6.07, 6.45) is 12.0. The predicted octanol–water partition coefficient (Wildman–Crippen LogP) is 6.62. The van der Waals surface area contributed by atoms with Gasteiger partial charge >= 0.3 is 0 Å². The Bertz CT molecular complexity index is 791. The second-order valence-corrected chi connectivity index (χ2v) is 7.56. The van der Waals surface area contributed by atoms with Gasteiger partial charge in [-0.2, -0.15) is 0 Å². The molecule has 4 rings (SSSR count). The Balaban J connectivity index is 1.56. The molecule has 0 heteroatoms. The maximum Gasteiger partial charge on any atom is 0.00302 e. The van der Waals surface area contributed by atoms with E-state index in [4.69, 9.17) is 0 Å². The summed E-state index contributed by atoms with van der Waals surface area (Å²) in [6.45, 7) is 8.98. The lowest BCUT2D eigenvalue weighted by molar-refractivity contribution is 0.638. The molecule has 0 bridgehead atoms. The summed E-state index contributed by atoms with van der Waals surface area (Å²) < 4.78 is 0. The van der Waals surface area contributed by atoms with Crippen LogP contribution in [0.15, 0.2) is 36.4 Å². The summed E-state index contributed by atoms with van der Waals surface area (Å²) in [4.78, 5) is 0. The van der Waals surface area contributed by atoms with Crippen LogP contribution in [0.4, 0.5) is 0 Å². The topological polar surface area (TPSA) is 0 Å².